The summed E-state index contributed by atoms with van der Waals surface area (Å²) in [5, 5.41) is 1.16. The predicted molar refractivity (Wildman–Crippen MR) is 63.0 cm³/mol. The van der Waals surface area contributed by atoms with Crippen LogP contribution in [0.15, 0.2) is 12.7 Å². The lowest BCUT2D eigenvalue weighted by Gasteiger charge is -2.21. The maximum atomic E-state index is 12.0. The van der Waals surface area contributed by atoms with E-state index >= 15 is 0 Å². The molecule has 0 aromatic rings. The Balaban J connectivity index is 2.72. The zero-order chi connectivity index (χ0) is 13.1. The summed E-state index contributed by atoms with van der Waals surface area (Å²) in [5.74, 6) is -0.965. The van der Waals surface area contributed by atoms with Gasteiger partial charge in [0, 0.05) is 7.05 Å². The number of hydroxylamine groups is 2. The average molecular weight is 243 g/mol. The number of amides is 1. The molecule has 0 radical (unpaired) electrons. The third kappa shape index (κ3) is 3.52. The summed E-state index contributed by atoms with van der Waals surface area (Å²) in [6.45, 7) is 7.26. The Labute approximate surface area is 102 Å². The molecule has 0 aliphatic carbocycles. The normalized spacial score (nSPS) is 26.8. The van der Waals surface area contributed by atoms with Crippen molar-refractivity contribution < 1.29 is 19.1 Å². The highest BCUT2D eigenvalue weighted by Crippen LogP contribution is 2.31. The highest BCUT2D eigenvalue weighted by Gasteiger charge is 2.45. The Kier molecular flexibility index (Phi) is 4.68. The smallest absolute Gasteiger partial charge is 0.277 e. The van der Waals surface area contributed by atoms with Crippen LogP contribution in [0.2, 0.25) is 0 Å². The van der Waals surface area contributed by atoms with Crippen LogP contribution in [0, 0.1) is 0 Å². The number of carbonyl (C=O) groups excluding carboxylic acids is 1. The van der Waals surface area contributed by atoms with Gasteiger partial charge >= 0.3 is 0 Å². The van der Waals surface area contributed by atoms with Gasteiger partial charge in [0.05, 0.1) is 13.2 Å². The number of hydrogen-bond donors (Lipinski definition) is 0. The van der Waals surface area contributed by atoms with Gasteiger partial charge in [-0.1, -0.05) is 6.08 Å². The Morgan fingerprint density at radius 2 is 2.18 bits per heavy atom. The fourth-order valence-corrected chi connectivity index (χ4v) is 1.81. The van der Waals surface area contributed by atoms with Crippen molar-refractivity contribution in [3.8, 4) is 0 Å². The van der Waals surface area contributed by atoms with Crippen molar-refractivity contribution in [1.82, 2.24) is 5.06 Å². The lowest BCUT2D eigenvalue weighted by Crippen LogP contribution is -2.41. The zero-order valence-corrected chi connectivity index (χ0v) is 10.9. The largest absolute Gasteiger partial charge is 0.344 e. The third-order valence-electron chi connectivity index (χ3n) is 2.67. The van der Waals surface area contributed by atoms with Gasteiger partial charge in [-0.15, -0.1) is 6.58 Å². The molecule has 2 atom stereocenters. The molecule has 17 heavy (non-hydrogen) atoms. The average Bonchev–Trinajstić information content (AvgIpc) is 2.59. The van der Waals surface area contributed by atoms with Crippen molar-refractivity contribution in [2.45, 2.75) is 44.7 Å². The van der Waals surface area contributed by atoms with Crippen molar-refractivity contribution in [3.05, 3.63) is 12.7 Å². The molecular weight excluding hydrogens is 222 g/mol. The molecule has 1 aliphatic heterocycles. The first-order valence-corrected chi connectivity index (χ1v) is 5.69. The van der Waals surface area contributed by atoms with Gasteiger partial charge < -0.3 is 9.47 Å². The lowest BCUT2D eigenvalue weighted by atomic mass is 10.1. The van der Waals surface area contributed by atoms with Crippen molar-refractivity contribution >= 4 is 5.91 Å². The molecule has 0 aromatic heterocycles. The topological polar surface area (TPSA) is 48.0 Å². The van der Waals surface area contributed by atoms with Crippen LogP contribution in [0.5, 0.6) is 0 Å². The molecule has 1 rings (SSSR count). The van der Waals surface area contributed by atoms with Gasteiger partial charge in [-0.05, 0) is 26.7 Å². The molecule has 0 unspecified atom stereocenters. The Morgan fingerprint density at radius 3 is 2.71 bits per heavy atom. The molecule has 98 valence electrons. The first kappa shape index (κ1) is 14.2. The Morgan fingerprint density at radius 1 is 1.53 bits per heavy atom. The summed E-state index contributed by atoms with van der Waals surface area (Å²) >= 11 is 0. The summed E-state index contributed by atoms with van der Waals surface area (Å²) in [7, 11) is 3.00. The predicted octanol–water partition coefficient (Wildman–Crippen LogP) is 1.49. The van der Waals surface area contributed by atoms with Gasteiger partial charge in [0.15, 0.2) is 11.9 Å². The van der Waals surface area contributed by atoms with E-state index in [-0.39, 0.29) is 12.0 Å². The van der Waals surface area contributed by atoms with Crippen molar-refractivity contribution in [1.29, 1.82) is 0 Å². The maximum absolute atomic E-state index is 12.0. The molecule has 5 nitrogen and oxygen atoms in total. The van der Waals surface area contributed by atoms with Crippen LogP contribution in [-0.2, 0) is 19.1 Å². The number of allylic oxidation sites excluding steroid dienone is 1. The van der Waals surface area contributed by atoms with Crippen molar-refractivity contribution in [2.24, 2.45) is 0 Å². The minimum Gasteiger partial charge on any atom is -0.344 e. The summed E-state index contributed by atoms with van der Waals surface area (Å²) < 4.78 is 11.3. The molecule has 1 fully saturated rings. The summed E-state index contributed by atoms with van der Waals surface area (Å²) in [6, 6.07) is 0. The highest BCUT2D eigenvalue weighted by atomic mass is 16.8. The van der Waals surface area contributed by atoms with E-state index in [9.17, 15) is 4.79 Å². The van der Waals surface area contributed by atoms with Gasteiger partial charge in [0.1, 0.15) is 0 Å². The van der Waals surface area contributed by atoms with Crippen LogP contribution >= 0.6 is 0 Å². The molecule has 0 spiro atoms. The number of ether oxygens (including phenoxy) is 2. The van der Waals surface area contributed by atoms with Crippen LogP contribution in [-0.4, -0.2) is 43.1 Å². The molecule has 1 saturated heterocycles. The first-order chi connectivity index (χ1) is 7.91. The SMILES string of the molecule is C=CCC[C@@H]1OC(C)(C)O[C@@H]1C(=O)N(C)OC. The van der Waals surface area contributed by atoms with Gasteiger partial charge in [0.2, 0.25) is 0 Å². The summed E-state index contributed by atoms with van der Waals surface area (Å²) in [6.07, 6.45) is 2.42. The van der Waals surface area contributed by atoms with E-state index in [0.29, 0.717) is 6.42 Å². The molecule has 0 saturated carbocycles. The zero-order valence-electron chi connectivity index (χ0n) is 10.9. The van der Waals surface area contributed by atoms with Gasteiger partial charge in [-0.2, -0.15) is 0 Å². The van der Waals surface area contributed by atoms with Crippen LogP contribution < -0.4 is 0 Å². The maximum Gasteiger partial charge on any atom is 0.277 e. The highest BCUT2D eigenvalue weighted by molar-refractivity contribution is 5.80. The summed E-state index contributed by atoms with van der Waals surface area (Å²) in [5.41, 5.74) is 0. The van der Waals surface area contributed by atoms with Crippen LogP contribution in [0.25, 0.3) is 0 Å². The van der Waals surface area contributed by atoms with E-state index in [4.69, 9.17) is 14.3 Å². The van der Waals surface area contributed by atoms with Gasteiger partial charge in [-0.3, -0.25) is 9.63 Å². The van der Waals surface area contributed by atoms with Crippen LogP contribution in [0.3, 0.4) is 0 Å². The van der Waals surface area contributed by atoms with Crippen molar-refractivity contribution in [3.63, 3.8) is 0 Å². The molecule has 0 bridgehead atoms. The second-order valence-corrected chi connectivity index (χ2v) is 4.48. The lowest BCUT2D eigenvalue weighted by molar-refractivity contribution is -0.187. The molecule has 1 heterocycles. The minimum atomic E-state index is -0.735. The molecule has 0 aromatic carbocycles. The van der Waals surface area contributed by atoms with Crippen LogP contribution in [0.4, 0.5) is 0 Å². The molecule has 5 heteroatoms. The minimum absolute atomic E-state index is 0.230. The van der Waals surface area contributed by atoms with Gasteiger partial charge in [-0.25, -0.2) is 5.06 Å². The van der Waals surface area contributed by atoms with E-state index in [0.717, 1.165) is 11.5 Å². The van der Waals surface area contributed by atoms with E-state index in [2.05, 4.69) is 6.58 Å². The van der Waals surface area contributed by atoms with Crippen LogP contribution in [0.1, 0.15) is 26.7 Å². The number of likely N-dealkylation sites (N-methyl/N-ethyl adjacent to an activating group) is 1. The Bertz CT molecular complexity index is 290. The quantitative estimate of drug-likeness (QED) is 0.542. The van der Waals surface area contributed by atoms with E-state index in [1.165, 1.54) is 7.11 Å². The molecule has 1 amide bonds. The summed E-state index contributed by atoms with van der Waals surface area (Å²) in [4.78, 5) is 16.9. The first-order valence-electron chi connectivity index (χ1n) is 5.69. The molecular formula is C12H21NO4. The monoisotopic (exact) mass is 243 g/mol. The standard InChI is InChI=1S/C12H21NO4/c1-6-7-8-9-10(11(14)13(4)15-5)17-12(2,3)16-9/h6,9-10H,1,7-8H2,2-5H3/t9-,10-/m0/s1. The second-order valence-electron chi connectivity index (χ2n) is 4.48. The molecule has 1 aliphatic rings. The fraction of sp³-hybridized carbons (Fsp3) is 0.750. The van der Waals surface area contributed by atoms with E-state index in [1.807, 2.05) is 0 Å². The Hall–Kier alpha value is -0.910. The second kappa shape index (κ2) is 5.62. The number of nitrogens with zero attached hydrogens (tertiary/aromatic N) is 1. The number of rotatable bonds is 5. The number of hydrogen-bond acceptors (Lipinski definition) is 4. The third-order valence-corrected chi connectivity index (χ3v) is 2.67. The number of carbonyl (C=O) groups is 1. The van der Waals surface area contributed by atoms with E-state index < -0.39 is 11.9 Å². The van der Waals surface area contributed by atoms with Gasteiger partial charge in [0.25, 0.3) is 5.91 Å². The van der Waals surface area contributed by atoms with Crippen molar-refractivity contribution in [2.75, 3.05) is 14.2 Å². The van der Waals surface area contributed by atoms with E-state index in [1.54, 1.807) is 27.0 Å². The fourth-order valence-electron chi connectivity index (χ4n) is 1.81. The molecule has 0 N–H and O–H groups in total.